The lowest BCUT2D eigenvalue weighted by molar-refractivity contribution is -0.157. The molecule has 3 aliphatic heterocycles. The van der Waals surface area contributed by atoms with Gasteiger partial charge in [-0.25, -0.2) is 4.79 Å². The third-order valence-electron chi connectivity index (χ3n) is 5.27. The van der Waals surface area contributed by atoms with E-state index in [1.54, 1.807) is 11.8 Å². The van der Waals surface area contributed by atoms with Crippen molar-refractivity contribution in [1.29, 1.82) is 0 Å². The number of aliphatic carboxylic acids is 1. The number of carboxylic acids is 1. The molecule has 3 atom stereocenters. The lowest BCUT2D eigenvalue weighted by Crippen LogP contribution is -2.61. The molecule has 148 valence electrons. The lowest BCUT2D eigenvalue weighted by atomic mass is 9.90. The Morgan fingerprint density at radius 2 is 2.11 bits per heavy atom. The third-order valence-corrected chi connectivity index (χ3v) is 7.91. The number of benzene rings is 1. The highest BCUT2D eigenvalue weighted by molar-refractivity contribution is 8.22. The van der Waals surface area contributed by atoms with E-state index < -0.39 is 18.0 Å². The fourth-order valence-corrected chi connectivity index (χ4v) is 6.67. The van der Waals surface area contributed by atoms with Crippen molar-refractivity contribution >= 4 is 41.3 Å². The van der Waals surface area contributed by atoms with Crippen LogP contribution in [-0.2, 0) is 16.1 Å². The van der Waals surface area contributed by atoms with Gasteiger partial charge < -0.3 is 15.1 Å². The summed E-state index contributed by atoms with van der Waals surface area (Å²) in [6.45, 7) is 2.85. The van der Waals surface area contributed by atoms with E-state index in [2.05, 4.69) is 0 Å². The van der Waals surface area contributed by atoms with Gasteiger partial charge in [0, 0.05) is 24.4 Å². The highest BCUT2D eigenvalue weighted by Gasteiger charge is 2.58. The van der Waals surface area contributed by atoms with Crippen LogP contribution in [0.25, 0.3) is 0 Å². The predicted octanol–water partition coefficient (Wildman–Crippen LogP) is 1.93. The molecule has 2 amide bonds. The number of hydrogen-bond donors (Lipinski definition) is 2. The van der Waals surface area contributed by atoms with Crippen molar-refractivity contribution in [3.05, 3.63) is 45.3 Å². The van der Waals surface area contributed by atoms with Crippen LogP contribution < -0.4 is 0 Å². The number of aliphatic hydroxyl groups excluding tert-OH is 1. The number of carbonyl (C=O) groups is 3. The van der Waals surface area contributed by atoms with Gasteiger partial charge in [-0.1, -0.05) is 36.9 Å². The second-order valence-electron chi connectivity index (χ2n) is 6.89. The highest BCUT2D eigenvalue weighted by atomic mass is 32.2. The van der Waals surface area contributed by atoms with E-state index in [1.165, 1.54) is 28.4 Å². The molecule has 0 radical (unpaired) electrons. The molecule has 0 aromatic heterocycles. The average Bonchev–Trinajstić information content (AvgIpc) is 3.17. The Kier molecular flexibility index (Phi) is 5.15. The molecule has 1 fully saturated rings. The Balaban J connectivity index is 1.41. The molecule has 4 rings (SSSR count). The summed E-state index contributed by atoms with van der Waals surface area (Å²) in [5.74, 6) is -1.50. The molecule has 0 spiro atoms. The van der Waals surface area contributed by atoms with Gasteiger partial charge in [0.05, 0.1) is 16.3 Å². The van der Waals surface area contributed by atoms with Gasteiger partial charge in [-0.05, 0) is 18.1 Å². The van der Waals surface area contributed by atoms with E-state index >= 15 is 0 Å². The number of nitrogens with zero attached hydrogens (tertiary/aromatic N) is 2. The molecule has 0 bridgehead atoms. The summed E-state index contributed by atoms with van der Waals surface area (Å²) in [5.41, 5.74) is 1.73. The van der Waals surface area contributed by atoms with Crippen molar-refractivity contribution in [2.24, 2.45) is 5.92 Å². The maximum atomic E-state index is 12.4. The van der Waals surface area contributed by atoms with E-state index in [9.17, 15) is 24.6 Å². The van der Waals surface area contributed by atoms with Crippen LogP contribution in [0.4, 0.5) is 0 Å². The number of fused-ring (bicyclic) bond motifs is 2. The zero-order chi connectivity index (χ0) is 20.0. The SMILES string of the molecule is CC[C@H](O)[C@@H]1C(=O)N2C(C(=O)O)=C(SCCN3Cc4ccccc4C3=O)S[C@H]12. The minimum atomic E-state index is -1.14. The summed E-state index contributed by atoms with van der Waals surface area (Å²) in [7, 11) is 0. The molecule has 3 heterocycles. The van der Waals surface area contributed by atoms with Crippen LogP contribution >= 0.6 is 23.5 Å². The van der Waals surface area contributed by atoms with Crippen LogP contribution in [0, 0.1) is 5.92 Å². The number of carboxylic acid groups (broad SMARTS) is 1. The van der Waals surface area contributed by atoms with Crippen molar-refractivity contribution < 1.29 is 24.6 Å². The number of hydrogen-bond acceptors (Lipinski definition) is 6. The molecule has 1 aromatic carbocycles. The number of β-lactam (4-membered cyclic amide) rings is 1. The summed E-state index contributed by atoms with van der Waals surface area (Å²) in [6, 6.07) is 7.51. The van der Waals surface area contributed by atoms with Gasteiger partial charge in [-0.2, -0.15) is 0 Å². The predicted molar refractivity (Wildman–Crippen MR) is 106 cm³/mol. The van der Waals surface area contributed by atoms with Crippen LogP contribution in [0.2, 0.25) is 0 Å². The Bertz CT molecular complexity index is 887. The second-order valence-corrected chi connectivity index (χ2v) is 9.38. The minimum absolute atomic E-state index is 0.000544. The van der Waals surface area contributed by atoms with Crippen molar-refractivity contribution in [2.45, 2.75) is 31.4 Å². The van der Waals surface area contributed by atoms with Crippen LogP contribution in [0.15, 0.2) is 34.2 Å². The Morgan fingerprint density at radius 3 is 2.79 bits per heavy atom. The van der Waals surface area contributed by atoms with Crippen molar-refractivity contribution in [1.82, 2.24) is 9.80 Å². The average molecular weight is 421 g/mol. The van der Waals surface area contributed by atoms with E-state index in [4.69, 9.17) is 0 Å². The van der Waals surface area contributed by atoms with Gasteiger partial charge in [0.2, 0.25) is 5.91 Å². The topological polar surface area (TPSA) is 98.2 Å². The molecule has 1 saturated heterocycles. The molecule has 3 aliphatic rings. The highest BCUT2D eigenvalue weighted by Crippen LogP contribution is 2.54. The number of carbonyl (C=O) groups excluding carboxylic acids is 2. The molecule has 0 unspecified atom stereocenters. The van der Waals surface area contributed by atoms with Gasteiger partial charge in [-0.15, -0.1) is 11.8 Å². The molecule has 7 nitrogen and oxygen atoms in total. The fourth-order valence-electron chi connectivity index (χ4n) is 3.76. The van der Waals surface area contributed by atoms with Crippen LogP contribution in [0.1, 0.15) is 29.3 Å². The number of rotatable bonds is 7. The summed E-state index contributed by atoms with van der Waals surface area (Å²) in [4.78, 5) is 39.5. The summed E-state index contributed by atoms with van der Waals surface area (Å²) in [5, 5.41) is 19.3. The normalized spacial score (nSPS) is 24.4. The first-order chi connectivity index (χ1) is 13.4. The number of amides is 2. The van der Waals surface area contributed by atoms with Crippen molar-refractivity contribution in [2.75, 3.05) is 12.3 Å². The third kappa shape index (κ3) is 3.01. The van der Waals surface area contributed by atoms with Crippen LogP contribution in [0.3, 0.4) is 0 Å². The van der Waals surface area contributed by atoms with Crippen LogP contribution in [-0.4, -0.2) is 61.6 Å². The molecular weight excluding hydrogens is 400 g/mol. The van der Waals surface area contributed by atoms with E-state index in [0.29, 0.717) is 29.5 Å². The Labute approximate surface area is 170 Å². The van der Waals surface area contributed by atoms with Gasteiger partial charge in [0.1, 0.15) is 5.37 Å². The van der Waals surface area contributed by atoms with Gasteiger partial charge >= 0.3 is 5.97 Å². The first-order valence-corrected chi connectivity index (χ1v) is 11.0. The number of aliphatic hydroxyl groups is 1. The fraction of sp³-hybridized carbons (Fsp3) is 0.421. The first-order valence-electron chi connectivity index (χ1n) is 9.09. The standard InChI is InChI=1S/C19H20N2O5S2/c1-2-12(22)13-16(24)21-14(18(25)26)19(28-17(13)21)27-8-7-20-9-10-5-3-4-6-11(10)15(20)23/h3-6,12-13,17,22H,2,7-9H2,1H3,(H,25,26)/t12-,13+,17+/m0/s1. The second kappa shape index (κ2) is 7.46. The zero-order valence-corrected chi connectivity index (χ0v) is 16.8. The van der Waals surface area contributed by atoms with Gasteiger partial charge in [-0.3, -0.25) is 14.5 Å². The van der Waals surface area contributed by atoms with Gasteiger partial charge in [0.25, 0.3) is 5.91 Å². The quantitative estimate of drug-likeness (QED) is 0.651. The minimum Gasteiger partial charge on any atom is -0.477 e. The van der Waals surface area contributed by atoms with E-state index in [0.717, 1.165) is 11.1 Å². The Hall–Kier alpha value is -1.97. The molecule has 2 N–H and O–H groups in total. The molecule has 0 saturated carbocycles. The molecule has 1 aromatic rings. The van der Waals surface area contributed by atoms with Crippen molar-refractivity contribution in [3.63, 3.8) is 0 Å². The first kappa shape index (κ1) is 19.4. The molecule has 28 heavy (non-hydrogen) atoms. The Morgan fingerprint density at radius 1 is 1.36 bits per heavy atom. The maximum absolute atomic E-state index is 12.4. The van der Waals surface area contributed by atoms with E-state index in [-0.39, 0.29) is 22.9 Å². The molecule has 9 heteroatoms. The zero-order valence-electron chi connectivity index (χ0n) is 15.2. The summed E-state index contributed by atoms with van der Waals surface area (Å²) >= 11 is 2.68. The monoisotopic (exact) mass is 420 g/mol. The maximum Gasteiger partial charge on any atom is 0.354 e. The molecule has 0 aliphatic carbocycles. The van der Waals surface area contributed by atoms with E-state index in [1.807, 2.05) is 24.3 Å². The number of thioether (sulfide) groups is 2. The lowest BCUT2D eigenvalue weighted by Gasteiger charge is -2.44. The smallest absolute Gasteiger partial charge is 0.354 e. The summed E-state index contributed by atoms with van der Waals surface area (Å²) in [6.07, 6.45) is -0.314. The largest absolute Gasteiger partial charge is 0.477 e. The molecular formula is C19H20N2O5S2. The van der Waals surface area contributed by atoms with Crippen LogP contribution in [0.5, 0.6) is 0 Å². The summed E-state index contributed by atoms with van der Waals surface area (Å²) < 4.78 is 0.570. The van der Waals surface area contributed by atoms with Crippen molar-refractivity contribution in [3.8, 4) is 0 Å². The van der Waals surface area contributed by atoms with Gasteiger partial charge in [0.15, 0.2) is 5.70 Å².